The van der Waals surface area contributed by atoms with E-state index in [-0.39, 0.29) is 0 Å². The van der Waals surface area contributed by atoms with Gasteiger partial charge < -0.3 is 5.32 Å². The van der Waals surface area contributed by atoms with Gasteiger partial charge in [0.2, 0.25) is 0 Å². The summed E-state index contributed by atoms with van der Waals surface area (Å²) < 4.78 is 0. The first-order valence-electron chi connectivity index (χ1n) is 8.07. The van der Waals surface area contributed by atoms with Gasteiger partial charge in [-0.15, -0.1) is 0 Å². The first-order valence-corrected chi connectivity index (χ1v) is 8.07. The third kappa shape index (κ3) is 3.82. The van der Waals surface area contributed by atoms with E-state index in [0.29, 0.717) is 6.04 Å². The zero-order valence-electron chi connectivity index (χ0n) is 12.8. The topological polar surface area (TPSA) is 12.0 Å². The van der Waals surface area contributed by atoms with Crippen LogP contribution in [-0.4, -0.2) is 6.54 Å². The van der Waals surface area contributed by atoms with Gasteiger partial charge in [0.15, 0.2) is 0 Å². The standard InChI is InChI=1S/C18H29N/c1-4-6-7-15(5-2)13-19-18-11-10-16-9-8-14(3)12-17(16)18/h8-9,12,15,18-19H,4-7,10-11,13H2,1-3H3. The van der Waals surface area contributed by atoms with Crippen LogP contribution < -0.4 is 5.32 Å². The molecule has 1 N–H and O–H groups in total. The van der Waals surface area contributed by atoms with Gasteiger partial charge in [-0.1, -0.05) is 56.9 Å². The average molecular weight is 259 g/mol. The lowest BCUT2D eigenvalue weighted by Gasteiger charge is -2.20. The fourth-order valence-electron chi connectivity index (χ4n) is 3.19. The minimum Gasteiger partial charge on any atom is -0.310 e. The molecule has 1 aliphatic rings. The molecule has 2 unspecified atom stereocenters. The molecule has 1 aliphatic carbocycles. The molecule has 0 heterocycles. The highest BCUT2D eigenvalue weighted by Crippen LogP contribution is 2.32. The van der Waals surface area contributed by atoms with Gasteiger partial charge >= 0.3 is 0 Å². The van der Waals surface area contributed by atoms with Crippen LogP contribution >= 0.6 is 0 Å². The summed E-state index contributed by atoms with van der Waals surface area (Å²) in [5, 5.41) is 3.82. The van der Waals surface area contributed by atoms with E-state index >= 15 is 0 Å². The molecule has 0 fully saturated rings. The monoisotopic (exact) mass is 259 g/mol. The van der Waals surface area contributed by atoms with Gasteiger partial charge in [-0.2, -0.15) is 0 Å². The van der Waals surface area contributed by atoms with Crippen LogP contribution in [0.2, 0.25) is 0 Å². The van der Waals surface area contributed by atoms with Crippen molar-refractivity contribution in [3.05, 3.63) is 34.9 Å². The highest BCUT2D eigenvalue weighted by atomic mass is 14.9. The zero-order chi connectivity index (χ0) is 13.7. The fourth-order valence-corrected chi connectivity index (χ4v) is 3.19. The Balaban J connectivity index is 1.89. The molecule has 2 atom stereocenters. The van der Waals surface area contributed by atoms with Crippen LogP contribution in [0, 0.1) is 12.8 Å². The average Bonchev–Trinajstić information content (AvgIpc) is 2.81. The second-order valence-corrected chi connectivity index (χ2v) is 6.12. The molecule has 0 bridgehead atoms. The van der Waals surface area contributed by atoms with Crippen molar-refractivity contribution < 1.29 is 0 Å². The number of fused-ring (bicyclic) bond motifs is 1. The number of hydrogen-bond acceptors (Lipinski definition) is 1. The molecule has 0 amide bonds. The Labute approximate surface area is 118 Å². The maximum absolute atomic E-state index is 3.82. The number of rotatable bonds is 7. The lowest BCUT2D eigenvalue weighted by Crippen LogP contribution is -2.26. The van der Waals surface area contributed by atoms with Crippen molar-refractivity contribution in [2.45, 2.75) is 65.3 Å². The molecule has 1 heteroatoms. The van der Waals surface area contributed by atoms with Crippen LogP contribution in [-0.2, 0) is 6.42 Å². The van der Waals surface area contributed by atoms with E-state index in [4.69, 9.17) is 0 Å². The summed E-state index contributed by atoms with van der Waals surface area (Å²) in [7, 11) is 0. The van der Waals surface area contributed by atoms with Gasteiger partial charge in [-0.05, 0) is 49.8 Å². The van der Waals surface area contributed by atoms with Crippen LogP contribution in [0.25, 0.3) is 0 Å². The third-order valence-electron chi connectivity index (χ3n) is 4.58. The Morgan fingerprint density at radius 3 is 2.89 bits per heavy atom. The number of aryl methyl sites for hydroxylation is 2. The minimum absolute atomic E-state index is 0.602. The van der Waals surface area contributed by atoms with E-state index in [1.165, 1.54) is 50.6 Å². The van der Waals surface area contributed by atoms with Crippen LogP contribution in [0.5, 0.6) is 0 Å². The van der Waals surface area contributed by atoms with Crippen molar-refractivity contribution in [1.82, 2.24) is 5.32 Å². The van der Waals surface area contributed by atoms with Gasteiger partial charge in [0, 0.05) is 6.04 Å². The summed E-state index contributed by atoms with van der Waals surface area (Å²) in [4.78, 5) is 0. The molecule has 2 rings (SSSR count). The minimum atomic E-state index is 0.602. The largest absolute Gasteiger partial charge is 0.310 e. The summed E-state index contributed by atoms with van der Waals surface area (Å²) in [5.74, 6) is 0.855. The Bertz CT molecular complexity index is 397. The first kappa shape index (κ1) is 14.6. The van der Waals surface area contributed by atoms with Crippen LogP contribution in [0.15, 0.2) is 18.2 Å². The van der Waals surface area contributed by atoms with Gasteiger partial charge in [-0.25, -0.2) is 0 Å². The van der Waals surface area contributed by atoms with Crippen LogP contribution in [0.1, 0.15) is 68.7 Å². The van der Waals surface area contributed by atoms with Crippen molar-refractivity contribution in [1.29, 1.82) is 0 Å². The van der Waals surface area contributed by atoms with Crippen molar-refractivity contribution in [2.24, 2.45) is 5.92 Å². The highest BCUT2D eigenvalue weighted by Gasteiger charge is 2.22. The van der Waals surface area contributed by atoms with E-state index in [0.717, 1.165) is 5.92 Å². The molecule has 0 aliphatic heterocycles. The molecular formula is C18H29N. The number of unbranched alkanes of at least 4 members (excludes halogenated alkanes) is 1. The Morgan fingerprint density at radius 2 is 2.16 bits per heavy atom. The van der Waals surface area contributed by atoms with Crippen LogP contribution in [0.4, 0.5) is 0 Å². The normalized spacial score (nSPS) is 19.4. The van der Waals surface area contributed by atoms with Gasteiger partial charge in [0.25, 0.3) is 0 Å². The number of nitrogens with one attached hydrogen (secondary N) is 1. The predicted octanol–water partition coefficient (Wildman–Crippen LogP) is 4.79. The van der Waals surface area contributed by atoms with E-state index in [1.807, 2.05) is 0 Å². The zero-order valence-corrected chi connectivity index (χ0v) is 12.8. The maximum atomic E-state index is 3.82. The number of hydrogen-bond donors (Lipinski definition) is 1. The molecule has 0 saturated heterocycles. The molecule has 0 aromatic heterocycles. The van der Waals surface area contributed by atoms with Crippen molar-refractivity contribution >= 4 is 0 Å². The summed E-state index contributed by atoms with van der Waals surface area (Å²) >= 11 is 0. The molecule has 1 aromatic carbocycles. The molecule has 106 valence electrons. The summed E-state index contributed by atoms with van der Waals surface area (Å²) in [5.41, 5.74) is 4.51. The van der Waals surface area contributed by atoms with Crippen molar-refractivity contribution in [2.75, 3.05) is 6.54 Å². The first-order chi connectivity index (χ1) is 9.24. The summed E-state index contributed by atoms with van der Waals surface area (Å²) in [6.45, 7) is 8.01. The Morgan fingerprint density at radius 1 is 1.32 bits per heavy atom. The van der Waals surface area contributed by atoms with E-state index in [2.05, 4.69) is 44.3 Å². The van der Waals surface area contributed by atoms with Gasteiger partial charge in [0.1, 0.15) is 0 Å². The van der Waals surface area contributed by atoms with E-state index < -0.39 is 0 Å². The second-order valence-electron chi connectivity index (χ2n) is 6.12. The fraction of sp³-hybridized carbons (Fsp3) is 0.667. The third-order valence-corrected chi connectivity index (χ3v) is 4.58. The Kier molecular flexibility index (Phi) is 5.45. The summed E-state index contributed by atoms with van der Waals surface area (Å²) in [6, 6.07) is 7.55. The summed E-state index contributed by atoms with van der Waals surface area (Å²) in [6.07, 6.45) is 7.92. The van der Waals surface area contributed by atoms with Crippen LogP contribution in [0.3, 0.4) is 0 Å². The smallest absolute Gasteiger partial charge is 0.0326 e. The molecule has 1 aromatic rings. The lowest BCUT2D eigenvalue weighted by atomic mass is 9.98. The molecule has 1 nitrogen and oxygen atoms in total. The highest BCUT2D eigenvalue weighted by molar-refractivity contribution is 5.37. The second kappa shape index (κ2) is 7.09. The molecule has 0 spiro atoms. The number of benzene rings is 1. The molecular weight excluding hydrogens is 230 g/mol. The van der Waals surface area contributed by atoms with Crippen molar-refractivity contribution in [3.8, 4) is 0 Å². The Hall–Kier alpha value is -0.820. The maximum Gasteiger partial charge on any atom is 0.0326 e. The van der Waals surface area contributed by atoms with Crippen molar-refractivity contribution in [3.63, 3.8) is 0 Å². The molecule has 19 heavy (non-hydrogen) atoms. The molecule has 0 saturated carbocycles. The van der Waals surface area contributed by atoms with Gasteiger partial charge in [0.05, 0.1) is 0 Å². The predicted molar refractivity (Wildman–Crippen MR) is 83.5 cm³/mol. The lowest BCUT2D eigenvalue weighted by molar-refractivity contribution is 0.389. The van der Waals surface area contributed by atoms with E-state index in [9.17, 15) is 0 Å². The quantitative estimate of drug-likeness (QED) is 0.742. The van der Waals surface area contributed by atoms with Gasteiger partial charge in [-0.3, -0.25) is 0 Å². The SMILES string of the molecule is CCCCC(CC)CNC1CCc2ccc(C)cc21. The molecule has 0 radical (unpaired) electrons. The van der Waals surface area contributed by atoms with E-state index in [1.54, 1.807) is 11.1 Å².